The lowest BCUT2D eigenvalue weighted by Gasteiger charge is -2.07. The normalized spacial score (nSPS) is 10.8. The molecule has 10 heteroatoms. The fourth-order valence-electron chi connectivity index (χ4n) is 3.10. The minimum Gasteiger partial charge on any atom is -0.487 e. The van der Waals surface area contributed by atoms with Crippen LogP contribution in [0.4, 0.5) is 11.4 Å². The van der Waals surface area contributed by atoms with Crippen LogP contribution in [-0.4, -0.2) is 32.4 Å². The molecule has 0 bridgehead atoms. The molecule has 0 atom stereocenters. The first-order valence-electron chi connectivity index (χ1n) is 9.72. The quantitative estimate of drug-likeness (QED) is 0.328. The third-order valence-electron chi connectivity index (χ3n) is 4.74. The van der Waals surface area contributed by atoms with Crippen LogP contribution < -0.4 is 10.1 Å². The third-order valence-corrected chi connectivity index (χ3v) is 5.15. The average molecular weight is 452 g/mol. The number of fused-ring (bicyclic) bond motifs is 1. The molecule has 1 aromatic heterocycles. The number of rotatable bonds is 6. The number of ether oxygens (including phenoxy) is 1. The van der Waals surface area contributed by atoms with E-state index in [9.17, 15) is 14.9 Å². The van der Waals surface area contributed by atoms with Gasteiger partial charge in [0.05, 0.1) is 17.2 Å². The number of nitrogens with zero attached hydrogens (tertiary/aromatic N) is 4. The number of nitro benzene ring substituents is 1. The monoisotopic (exact) mass is 451 g/mol. The predicted molar refractivity (Wildman–Crippen MR) is 121 cm³/mol. The van der Waals surface area contributed by atoms with Crippen molar-refractivity contribution in [3.63, 3.8) is 0 Å². The number of aromatic nitrogens is 3. The van der Waals surface area contributed by atoms with E-state index in [0.29, 0.717) is 27.4 Å². The number of nitrogens with one attached hydrogen (secondary N) is 1. The maximum atomic E-state index is 12.7. The number of benzene rings is 3. The molecule has 0 saturated heterocycles. The number of halogens is 1. The Balaban J connectivity index is 1.59. The van der Waals surface area contributed by atoms with Crippen LogP contribution in [-0.2, 0) is 0 Å². The molecule has 9 nitrogen and oxygen atoms in total. The Bertz CT molecular complexity index is 1350. The van der Waals surface area contributed by atoms with E-state index >= 15 is 0 Å². The topological polar surface area (TPSA) is 112 Å². The van der Waals surface area contributed by atoms with E-state index in [1.165, 1.54) is 23.0 Å². The largest absolute Gasteiger partial charge is 0.487 e. The highest BCUT2D eigenvalue weighted by Gasteiger charge is 2.19. The van der Waals surface area contributed by atoms with E-state index in [0.717, 1.165) is 5.56 Å². The number of hydrogen-bond donors (Lipinski definition) is 1. The highest BCUT2D eigenvalue weighted by molar-refractivity contribution is 6.31. The number of carbonyl (C=O) groups is 1. The fraction of sp³-hybridized carbons (Fsp3) is 0.136. The summed E-state index contributed by atoms with van der Waals surface area (Å²) >= 11 is 6.19. The first-order valence-corrected chi connectivity index (χ1v) is 10.1. The third kappa shape index (κ3) is 4.23. The molecule has 0 radical (unpaired) electrons. The number of aryl methyl sites for hydroxylation is 1. The van der Waals surface area contributed by atoms with Crippen LogP contribution in [0.5, 0.6) is 5.75 Å². The van der Waals surface area contributed by atoms with Crippen molar-refractivity contribution in [1.82, 2.24) is 15.0 Å². The van der Waals surface area contributed by atoms with Gasteiger partial charge < -0.3 is 10.1 Å². The number of anilines is 1. The van der Waals surface area contributed by atoms with Crippen molar-refractivity contribution < 1.29 is 14.5 Å². The maximum Gasteiger partial charge on any atom is 0.311 e. The lowest BCUT2D eigenvalue weighted by molar-refractivity contribution is -0.385. The van der Waals surface area contributed by atoms with Crippen molar-refractivity contribution in [2.45, 2.75) is 13.8 Å². The van der Waals surface area contributed by atoms with E-state index in [1.807, 2.05) is 19.1 Å². The van der Waals surface area contributed by atoms with Crippen molar-refractivity contribution in [3.05, 3.63) is 80.9 Å². The Morgan fingerprint density at radius 3 is 2.62 bits per heavy atom. The first kappa shape index (κ1) is 21.3. The van der Waals surface area contributed by atoms with Gasteiger partial charge in [-0.3, -0.25) is 14.9 Å². The van der Waals surface area contributed by atoms with Crippen molar-refractivity contribution in [2.75, 3.05) is 11.9 Å². The number of hydrogen-bond acceptors (Lipinski definition) is 6. The molecule has 1 amide bonds. The lowest BCUT2D eigenvalue weighted by Crippen LogP contribution is -2.12. The zero-order valence-corrected chi connectivity index (χ0v) is 18.0. The van der Waals surface area contributed by atoms with Gasteiger partial charge in [0.15, 0.2) is 5.75 Å². The highest BCUT2D eigenvalue weighted by atomic mass is 35.5. The molecule has 4 aromatic rings. The van der Waals surface area contributed by atoms with Gasteiger partial charge in [0.25, 0.3) is 5.91 Å². The van der Waals surface area contributed by atoms with Gasteiger partial charge in [0.2, 0.25) is 0 Å². The number of nitro groups is 1. The molecular formula is C22H18ClN5O4. The Labute approximate surface area is 187 Å². The number of carbonyl (C=O) groups excluding carboxylic acids is 1. The SMILES string of the molecule is CCOc1ccc(C(=O)Nc2ccc3nn(-c4ccc(C)c(Cl)c4)nc3c2)cc1[N+](=O)[O-]. The van der Waals surface area contributed by atoms with Crippen LogP contribution in [0.1, 0.15) is 22.8 Å². The van der Waals surface area contributed by atoms with Crippen LogP contribution in [0.15, 0.2) is 54.6 Å². The molecule has 1 N–H and O–H groups in total. The molecule has 0 aliphatic heterocycles. The average Bonchev–Trinajstić information content (AvgIpc) is 3.19. The molecule has 162 valence electrons. The van der Waals surface area contributed by atoms with Crippen molar-refractivity contribution in [2.24, 2.45) is 0 Å². The molecule has 4 rings (SSSR count). The molecule has 0 unspecified atom stereocenters. The second kappa shape index (κ2) is 8.64. The van der Waals surface area contributed by atoms with Gasteiger partial charge >= 0.3 is 5.69 Å². The molecule has 0 aliphatic carbocycles. The minimum absolute atomic E-state index is 0.114. The highest BCUT2D eigenvalue weighted by Crippen LogP contribution is 2.28. The summed E-state index contributed by atoms with van der Waals surface area (Å²) in [5.74, 6) is -0.378. The molecule has 0 spiro atoms. The lowest BCUT2D eigenvalue weighted by atomic mass is 10.1. The van der Waals surface area contributed by atoms with E-state index in [4.69, 9.17) is 16.3 Å². The summed E-state index contributed by atoms with van der Waals surface area (Å²) in [5, 5.41) is 23.5. The van der Waals surface area contributed by atoms with Crippen molar-refractivity contribution in [1.29, 1.82) is 0 Å². The van der Waals surface area contributed by atoms with Gasteiger partial charge in [-0.05, 0) is 61.9 Å². The summed E-state index contributed by atoms with van der Waals surface area (Å²) in [6, 6.07) is 14.7. The van der Waals surface area contributed by atoms with Crippen LogP contribution in [0.25, 0.3) is 16.7 Å². The van der Waals surface area contributed by atoms with Crippen LogP contribution in [0, 0.1) is 17.0 Å². The summed E-state index contributed by atoms with van der Waals surface area (Å²) < 4.78 is 5.25. The van der Waals surface area contributed by atoms with E-state index in [2.05, 4.69) is 15.5 Å². The Morgan fingerprint density at radius 1 is 1.12 bits per heavy atom. The maximum absolute atomic E-state index is 12.7. The first-order chi connectivity index (χ1) is 15.4. The van der Waals surface area contributed by atoms with Gasteiger partial charge in [0.1, 0.15) is 11.0 Å². The Hall–Kier alpha value is -3.98. The summed E-state index contributed by atoms with van der Waals surface area (Å²) in [6.45, 7) is 3.92. The smallest absolute Gasteiger partial charge is 0.311 e. The van der Waals surface area contributed by atoms with Gasteiger partial charge in [0, 0.05) is 22.3 Å². The molecule has 0 aliphatic rings. The minimum atomic E-state index is -0.580. The zero-order valence-electron chi connectivity index (χ0n) is 17.2. The molecule has 0 saturated carbocycles. The second-order valence-corrected chi connectivity index (χ2v) is 7.36. The predicted octanol–water partition coefficient (Wildman–Crippen LogP) is 4.94. The van der Waals surface area contributed by atoms with Crippen LogP contribution in [0.3, 0.4) is 0 Å². The van der Waals surface area contributed by atoms with Crippen molar-refractivity contribution in [3.8, 4) is 11.4 Å². The van der Waals surface area contributed by atoms with Gasteiger partial charge in [-0.25, -0.2) is 0 Å². The Morgan fingerprint density at radius 2 is 1.91 bits per heavy atom. The summed E-state index contributed by atoms with van der Waals surface area (Å²) in [5.41, 5.74) is 3.21. The summed E-state index contributed by atoms with van der Waals surface area (Å²) in [6.07, 6.45) is 0. The van der Waals surface area contributed by atoms with E-state index in [1.54, 1.807) is 31.2 Å². The van der Waals surface area contributed by atoms with Crippen LogP contribution >= 0.6 is 11.6 Å². The molecule has 32 heavy (non-hydrogen) atoms. The molecule has 3 aromatic carbocycles. The summed E-state index contributed by atoms with van der Waals surface area (Å²) in [7, 11) is 0. The fourth-order valence-corrected chi connectivity index (χ4v) is 3.27. The zero-order chi connectivity index (χ0) is 22.8. The van der Waals surface area contributed by atoms with Gasteiger partial charge in [-0.2, -0.15) is 4.80 Å². The van der Waals surface area contributed by atoms with Gasteiger partial charge in [-0.15, -0.1) is 10.2 Å². The molecule has 1 heterocycles. The summed E-state index contributed by atoms with van der Waals surface area (Å²) in [4.78, 5) is 24.9. The molecular weight excluding hydrogens is 434 g/mol. The number of amides is 1. The molecule has 0 fully saturated rings. The Kier molecular flexibility index (Phi) is 5.74. The van der Waals surface area contributed by atoms with Crippen LogP contribution in [0.2, 0.25) is 5.02 Å². The van der Waals surface area contributed by atoms with E-state index in [-0.39, 0.29) is 23.6 Å². The van der Waals surface area contributed by atoms with E-state index < -0.39 is 10.8 Å². The van der Waals surface area contributed by atoms with Gasteiger partial charge in [-0.1, -0.05) is 17.7 Å². The van der Waals surface area contributed by atoms with Crippen molar-refractivity contribution >= 4 is 39.9 Å². The standard InChI is InChI=1S/C22H18ClN5O4/c1-3-32-21-9-5-14(10-20(21)28(30)31)22(29)24-15-6-8-18-19(11-15)26-27(25-18)16-7-4-13(2)17(23)12-16/h4-12H,3H2,1-2H3,(H,24,29). The second-order valence-electron chi connectivity index (χ2n) is 6.95.